The molecule has 1 heterocycles. The number of rotatable bonds is 9. The van der Waals surface area contributed by atoms with E-state index in [1.807, 2.05) is 14.0 Å². The molecule has 0 bridgehead atoms. The third-order valence-corrected chi connectivity index (χ3v) is 5.39. The molecule has 1 aliphatic rings. The predicted octanol–water partition coefficient (Wildman–Crippen LogP) is 1.26. The van der Waals surface area contributed by atoms with Crippen molar-refractivity contribution in [2.24, 2.45) is 10.9 Å². The van der Waals surface area contributed by atoms with Gasteiger partial charge in [0.05, 0.1) is 12.3 Å². The highest BCUT2D eigenvalue weighted by Crippen LogP contribution is 2.18. The first-order valence-corrected chi connectivity index (χ1v) is 10.2. The molecule has 0 atom stereocenters. The Labute approximate surface area is 164 Å². The zero-order valence-electron chi connectivity index (χ0n) is 15.1. The molecule has 0 aromatic carbocycles. The number of hydrogen-bond acceptors (Lipinski definition) is 4. The van der Waals surface area contributed by atoms with Crippen LogP contribution < -0.4 is 10.0 Å². The Bertz CT molecular complexity index is 454. The van der Waals surface area contributed by atoms with Crippen LogP contribution in [-0.4, -0.2) is 71.5 Å². The fraction of sp³-hybridized carbons (Fsp3) is 0.933. The van der Waals surface area contributed by atoms with Crippen LogP contribution in [0.15, 0.2) is 4.99 Å². The van der Waals surface area contributed by atoms with Gasteiger partial charge in [0.15, 0.2) is 5.96 Å². The van der Waals surface area contributed by atoms with Gasteiger partial charge in [0.25, 0.3) is 0 Å². The number of aliphatic imine (C=N–C) groups is 1. The lowest BCUT2D eigenvalue weighted by molar-refractivity contribution is 0.0625. The molecule has 7 nitrogen and oxygen atoms in total. The van der Waals surface area contributed by atoms with Crippen LogP contribution >= 0.6 is 24.0 Å². The molecule has 1 saturated heterocycles. The predicted molar refractivity (Wildman–Crippen MR) is 110 cm³/mol. The molecule has 1 aliphatic heterocycles. The van der Waals surface area contributed by atoms with Crippen molar-refractivity contribution in [1.82, 2.24) is 14.9 Å². The summed E-state index contributed by atoms with van der Waals surface area (Å²) in [7, 11) is -1.11. The van der Waals surface area contributed by atoms with Gasteiger partial charge < -0.3 is 15.0 Å². The van der Waals surface area contributed by atoms with Crippen molar-refractivity contribution in [3.05, 3.63) is 0 Å². The molecule has 24 heavy (non-hydrogen) atoms. The summed E-state index contributed by atoms with van der Waals surface area (Å²) >= 11 is 0. The molecule has 0 unspecified atom stereocenters. The lowest BCUT2D eigenvalue weighted by Gasteiger charge is -2.26. The van der Waals surface area contributed by atoms with Crippen LogP contribution in [0.5, 0.6) is 0 Å². The van der Waals surface area contributed by atoms with Crippen molar-refractivity contribution in [3.63, 3.8) is 0 Å². The molecule has 2 N–H and O–H groups in total. The molecular weight excluding hydrogens is 443 g/mol. The first kappa shape index (κ1) is 23.9. The number of halogens is 1. The lowest BCUT2D eigenvalue weighted by atomic mass is 9.96. The molecule has 0 aromatic heterocycles. The van der Waals surface area contributed by atoms with E-state index in [4.69, 9.17) is 4.74 Å². The zero-order valence-corrected chi connectivity index (χ0v) is 18.2. The first-order valence-electron chi connectivity index (χ1n) is 8.53. The molecular formula is C15H33IN4O3S. The molecule has 0 spiro atoms. The summed E-state index contributed by atoms with van der Waals surface area (Å²) in [5.41, 5.74) is 0. The van der Waals surface area contributed by atoms with Crippen LogP contribution in [0.2, 0.25) is 0 Å². The van der Waals surface area contributed by atoms with Crippen LogP contribution in [0.1, 0.15) is 33.1 Å². The fourth-order valence-electron chi connectivity index (χ4n) is 2.45. The smallest absolute Gasteiger partial charge is 0.211 e. The second kappa shape index (κ2) is 13.1. The normalized spacial score (nSPS) is 16.5. The largest absolute Gasteiger partial charge is 0.381 e. The molecule has 9 heteroatoms. The van der Waals surface area contributed by atoms with Gasteiger partial charge in [0.2, 0.25) is 10.0 Å². The lowest BCUT2D eigenvalue weighted by Crippen LogP contribution is -2.40. The summed E-state index contributed by atoms with van der Waals surface area (Å²) in [6.07, 6.45) is 3.41. The molecule has 1 rings (SSSR count). The molecule has 0 amide bonds. The van der Waals surface area contributed by atoms with Gasteiger partial charge in [-0.05, 0) is 39.0 Å². The van der Waals surface area contributed by atoms with E-state index < -0.39 is 10.0 Å². The van der Waals surface area contributed by atoms with Gasteiger partial charge in [-0.25, -0.2) is 13.1 Å². The van der Waals surface area contributed by atoms with Crippen molar-refractivity contribution < 1.29 is 13.2 Å². The molecule has 0 radical (unpaired) electrons. The second-order valence-electron chi connectivity index (χ2n) is 5.80. The summed E-state index contributed by atoms with van der Waals surface area (Å²) in [6.45, 7) is 7.90. The van der Waals surface area contributed by atoms with Crippen molar-refractivity contribution in [2.75, 3.05) is 52.2 Å². The van der Waals surface area contributed by atoms with E-state index in [2.05, 4.69) is 19.9 Å². The highest BCUT2D eigenvalue weighted by atomic mass is 127. The Morgan fingerprint density at radius 2 is 1.96 bits per heavy atom. The third kappa shape index (κ3) is 10.00. The number of sulfonamides is 1. The summed E-state index contributed by atoms with van der Waals surface area (Å²) in [6, 6.07) is 0. The maximum atomic E-state index is 11.4. The monoisotopic (exact) mass is 476 g/mol. The first-order chi connectivity index (χ1) is 11.0. The van der Waals surface area contributed by atoms with Crippen LogP contribution in [0.4, 0.5) is 0 Å². The van der Waals surface area contributed by atoms with Gasteiger partial charge in [0.1, 0.15) is 0 Å². The van der Waals surface area contributed by atoms with E-state index in [1.165, 1.54) is 0 Å². The van der Waals surface area contributed by atoms with E-state index in [0.717, 1.165) is 57.4 Å². The quantitative estimate of drug-likeness (QED) is 0.227. The summed E-state index contributed by atoms with van der Waals surface area (Å²) in [5, 5.41) is 3.26. The number of guanidine groups is 1. The standard InChI is InChI=1S/C15H32N4O3S.HI/c1-4-16-15(17-9-10-18-23(20,21)5-2)19(3)11-6-14-7-12-22-13-8-14;/h14,18H,4-13H2,1-3H3,(H,16,17);1H. The minimum Gasteiger partial charge on any atom is -0.381 e. The molecule has 0 aliphatic carbocycles. The highest BCUT2D eigenvalue weighted by molar-refractivity contribution is 14.0. The maximum Gasteiger partial charge on any atom is 0.211 e. The topological polar surface area (TPSA) is 83.0 Å². The van der Waals surface area contributed by atoms with Crippen LogP contribution in [0, 0.1) is 5.92 Å². The van der Waals surface area contributed by atoms with Crippen molar-refractivity contribution >= 4 is 40.0 Å². The van der Waals surface area contributed by atoms with E-state index in [9.17, 15) is 8.42 Å². The van der Waals surface area contributed by atoms with Crippen molar-refractivity contribution in [3.8, 4) is 0 Å². The summed E-state index contributed by atoms with van der Waals surface area (Å²) in [4.78, 5) is 6.61. The van der Waals surface area contributed by atoms with E-state index in [-0.39, 0.29) is 29.7 Å². The minimum absolute atomic E-state index is 0. The molecule has 0 aromatic rings. The molecule has 144 valence electrons. The van der Waals surface area contributed by atoms with E-state index in [1.54, 1.807) is 6.92 Å². The average molecular weight is 476 g/mol. The maximum absolute atomic E-state index is 11.4. The average Bonchev–Trinajstić information content (AvgIpc) is 2.56. The van der Waals surface area contributed by atoms with Gasteiger partial charge in [-0.3, -0.25) is 4.99 Å². The van der Waals surface area contributed by atoms with Gasteiger partial charge in [-0.1, -0.05) is 0 Å². The number of nitrogens with zero attached hydrogens (tertiary/aromatic N) is 2. The van der Waals surface area contributed by atoms with Crippen molar-refractivity contribution in [1.29, 1.82) is 0 Å². The molecule has 0 saturated carbocycles. The van der Waals surface area contributed by atoms with Gasteiger partial charge in [-0.15, -0.1) is 24.0 Å². The fourth-order valence-corrected chi connectivity index (χ4v) is 3.06. The molecule has 1 fully saturated rings. The summed E-state index contributed by atoms with van der Waals surface area (Å²) in [5.74, 6) is 1.66. The van der Waals surface area contributed by atoms with E-state index in [0.29, 0.717) is 13.1 Å². The SMILES string of the molecule is CCNC(=NCCNS(=O)(=O)CC)N(C)CCC1CCOCC1.I. The number of nitrogens with one attached hydrogen (secondary N) is 2. The Balaban J connectivity index is 0.00000529. The number of hydrogen-bond donors (Lipinski definition) is 2. The van der Waals surface area contributed by atoms with Gasteiger partial charge in [-0.2, -0.15) is 0 Å². The third-order valence-electron chi connectivity index (χ3n) is 3.99. The highest BCUT2D eigenvalue weighted by Gasteiger charge is 2.15. The Kier molecular flexibility index (Phi) is 13.1. The van der Waals surface area contributed by atoms with Crippen LogP contribution in [0.25, 0.3) is 0 Å². The van der Waals surface area contributed by atoms with Crippen LogP contribution in [-0.2, 0) is 14.8 Å². The number of ether oxygens (including phenoxy) is 1. The van der Waals surface area contributed by atoms with Gasteiger partial charge >= 0.3 is 0 Å². The summed E-state index contributed by atoms with van der Waals surface area (Å²) < 4.78 is 30.7. The minimum atomic E-state index is -3.14. The zero-order chi connectivity index (χ0) is 17.1. The Morgan fingerprint density at radius 3 is 2.54 bits per heavy atom. The van der Waals surface area contributed by atoms with Gasteiger partial charge in [0, 0.05) is 39.9 Å². The second-order valence-corrected chi connectivity index (χ2v) is 7.89. The van der Waals surface area contributed by atoms with Crippen molar-refractivity contribution in [2.45, 2.75) is 33.1 Å². The van der Waals surface area contributed by atoms with E-state index >= 15 is 0 Å². The Hall–Kier alpha value is -0.130. The van der Waals surface area contributed by atoms with Crippen LogP contribution in [0.3, 0.4) is 0 Å². The Morgan fingerprint density at radius 1 is 1.29 bits per heavy atom.